The molecule has 0 spiro atoms. The van der Waals surface area contributed by atoms with Gasteiger partial charge in [-0.3, -0.25) is 4.79 Å². The van der Waals surface area contributed by atoms with Gasteiger partial charge in [-0.05, 0) is 93.4 Å². The van der Waals surface area contributed by atoms with Crippen LogP contribution >= 0.6 is 11.9 Å². The van der Waals surface area contributed by atoms with E-state index in [9.17, 15) is 4.79 Å². The average Bonchev–Trinajstić information content (AvgIpc) is 2.39. The molecule has 1 unspecified atom stereocenters. The average molecular weight is 308 g/mol. The van der Waals surface area contributed by atoms with Gasteiger partial charge in [0, 0.05) is 19.0 Å². The van der Waals surface area contributed by atoms with Crippen LogP contribution in [0, 0.1) is 23.2 Å². The molecular weight excluding hydrogens is 278 g/mol. The summed E-state index contributed by atoms with van der Waals surface area (Å²) in [6.07, 6.45) is 13.2. The number of hydrogen-bond donors (Lipinski definition) is 0. The number of carbonyl (C=O) groups is 1. The maximum atomic E-state index is 12.7. The lowest BCUT2D eigenvalue weighted by molar-refractivity contribution is -0.119. The standard InChI is InChI=1S/C18H29NOS/c1-13-4-2-3-5-19(13)21-17(20)12-18-9-14-6-15(10-18)8-16(7-14)11-18/h13-16H,2-12H2,1H3. The van der Waals surface area contributed by atoms with Gasteiger partial charge in [0.05, 0.1) is 0 Å². The Labute approximate surface area is 133 Å². The van der Waals surface area contributed by atoms with E-state index in [0.29, 0.717) is 16.6 Å². The van der Waals surface area contributed by atoms with E-state index in [2.05, 4.69) is 11.2 Å². The molecule has 3 heteroatoms. The molecule has 4 bridgehead atoms. The minimum atomic E-state index is 0.415. The quantitative estimate of drug-likeness (QED) is 0.708. The molecule has 21 heavy (non-hydrogen) atoms. The Morgan fingerprint density at radius 1 is 1.10 bits per heavy atom. The van der Waals surface area contributed by atoms with Crippen LogP contribution in [0.3, 0.4) is 0 Å². The summed E-state index contributed by atoms with van der Waals surface area (Å²) in [5.41, 5.74) is 0.415. The Balaban J connectivity index is 1.38. The Morgan fingerprint density at radius 3 is 2.29 bits per heavy atom. The van der Waals surface area contributed by atoms with Crippen molar-refractivity contribution in [2.75, 3.05) is 6.54 Å². The van der Waals surface area contributed by atoms with E-state index in [0.717, 1.165) is 30.7 Å². The van der Waals surface area contributed by atoms with Crippen LogP contribution in [0.2, 0.25) is 0 Å². The summed E-state index contributed by atoms with van der Waals surface area (Å²) in [6.45, 7) is 3.39. The van der Waals surface area contributed by atoms with Crippen LogP contribution in [0.4, 0.5) is 0 Å². The molecule has 0 aromatic rings. The smallest absolute Gasteiger partial charge is 0.204 e. The minimum Gasteiger partial charge on any atom is -0.286 e. The molecule has 0 radical (unpaired) electrons. The van der Waals surface area contributed by atoms with Crippen molar-refractivity contribution < 1.29 is 4.79 Å². The van der Waals surface area contributed by atoms with E-state index in [4.69, 9.17) is 0 Å². The molecule has 2 nitrogen and oxygen atoms in total. The van der Waals surface area contributed by atoms with Crippen molar-refractivity contribution in [3.63, 3.8) is 0 Å². The zero-order valence-electron chi connectivity index (χ0n) is 13.4. The molecule has 0 aromatic heterocycles. The number of hydrogen-bond acceptors (Lipinski definition) is 3. The predicted octanol–water partition coefficient (Wildman–Crippen LogP) is 4.64. The van der Waals surface area contributed by atoms with E-state index < -0.39 is 0 Å². The molecule has 1 saturated heterocycles. The second-order valence-electron chi connectivity index (χ2n) is 8.54. The molecule has 0 amide bonds. The first kappa shape index (κ1) is 14.6. The van der Waals surface area contributed by atoms with E-state index in [1.54, 1.807) is 11.9 Å². The van der Waals surface area contributed by atoms with Crippen molar-refractivity contribution in [3.05, 3.63) is 0 Å². The lowest BCUT2D eigenvalue weighted by Crippen LogP contribution is -2.47. The lowest BCUT2D eigenvalue weighted by Gasteiger charge is -2.56. The van der Waals surface area contributed by atoms with Gasteiger partial charge in [0.1, 0.15) is 0 Å². The van der Waals surface area contributed by atoms with Gasteiger partial charge in [0.15, 0.2) is 0 Å². The molecular formula is C18H29NOS. The minimum absolute atomic E-state index is 0.415. The van der Waals surface area contributed by atoms with Gasteiger partial charge >= 0.3 is 0 Å². The SMILES string of the molecule is CC1CCCCN1SC(=O)CC12CC3CC(CC(C3)C1)C2. The van der Waals surface area contributed by atoms with Crippen molar-refractivity contribution in [2.45, 2.75) is 77.2 Å². The number of nitrogens with zero attached hydrogens (tertiary/aromatic N) is 1. The van der Waals surface area contributed by atoms with E-state index in [1.165, 1.54) is 57.8 Å². The fourth-order valence-corrected chi connectivity index (χ4v) is 7.32. The molecule has 1 heterocycles. The highest BCUT2D eigenvalue weighted by atomic mass is 32.2. The van der Waals surface area contributed by atoms with Gasteiger partial charge in [0.2, 0.25) is 5.12 Å². The summed E-state index contributed by atoms with van der Waals surface area (Å²) in [6, 6.07) is 0.587. The second-order valence-corrected chi connectivity index (χ2v) is 9.65. The lowest BCUT2D eigenvalue weighted by atomic mass is 9.49. The summed E-state index contributed by atoms with van der Waals surface area (Å²) < 4.78 is 2.37. The summed E-state index contributed by atoms with van der Waals surface area (Å²) in [4.78, 5) is 12.7. The van der Waals surface area contributed by atoms with Crippen molar-refractivity contribution in [1.82, 2.24) is 4.31 Å². The molecule has 0 N–H and O–H groups in total. The zero-order chi connectivity index (χ0) is 14.4. The predicted molar refractivity (Wildman–Crippen MR) is 87.8 cm³/mol. The van der Waals surface area contributed by atoms with Crippen LogP contribution in [0.15, 0.2) is 0 Å². The topological polar surface area (TPSA) is 20.3 Å². The Hall–Kier alpha value is -0.0200. The van der Waals surface area contributed by atoms with Crippen LogP contribution in [0.1, 0.15) is 71.1 Å². The van der Waals surface area contributed by atoms with Gasteiger partial charge in [-0.1, -0.05) is 6.42 Å². The molecule has 118 valence electrons. The monoisotopic (exact) mass is 307 g/mol. The van der Waals surface area contributed by atoms with E-state index in [-0.39, 0.29) is 0 Å². The largest absolute Gasteiger partial charge is 0.286 e. The molecule has 5 fully saturated rings. The first-order chi connectivity index (χ1) is 10.1. The first-order valence-corrected chi connectivity index (χ1v) is 9.87. The molecule has 5 rings (SSSR count). The third-order valence-electron chi connectivity index (χ3n) is 6.65. The molecule has 5 aliphatic rings. The normalized spacial score (nSPS) is 46.0. The number of carbonyl (C=O) groups excluding carboxylic acids is 1. The highest BCUT2D eigenvalue weighted by Crippen LogP contribution is 2.61. The first-order valence-electron chi connectivity index (χ1n) is 9.09. The molecule has 1 aliphatic heterocycles. The Morgan fingerprint density at radius 2 is 1.71 bits per heavy atom. The van der Waals surface area contributed by atoms with Crippen molar-refractivity contribution in [3.8, 4) is 0 Å². The maximum absolute atomic E-state index is 12.7. The second kappa shape index (κ2) is 5.56. The van der Waals surface area contributed by atoms with Gasteiger partial charge in [-0.2, -0.15) is 0 Å². The maximum Gasteiger partial charge on any atom is 0.204 e. The summed E-state index contributed by atoms with van der Waals surface area (Å²) in [5, 5.41) is 0.464. The van der Waals surface area contributed by atoms with Crippen LogP contribution in [0.25, 0.3) is 0 Å². The molecule has 0 aromatic carbocycles. The van der Waals surface area contributed by atoms with Crippen LogP contribution < -0.4 is 0 Å². The zero-order valence-corrected chi connectivity index (χ0v) is 14.2. The van der Waals surface area contributed by atoms with Gasteiger partial charge in [-0.15, -0.1) is 0 Å². The van der Waals surface area contributed by atoms with Crippen LogP contribution in [-0.2, 0) is 4.79 Å². The Bertz CT molecular complexity index is 386. The highest BCUT2D eigenvalue weighted by molar-refractivity contribution is 8.11. The van der Waals surface area contributed by atoms with Gasteiger partial charge in [0.25, 0.3) is 0 Å². The van der Waals surface area contributed by atoms with Gasteiger partial charge in [-0.25, -0.2) is 4.31 Å². The summed E-state index contributed by atoms with van der Waals surface area (Å²) in [5.74, 6) is 2.88. The molecule has 4 aliphatic carbocycles. The number of piperidine rings is 1. The van der Waals surface area contributed by atoms with Crippen molar-refractivity contribution in [2.24, 2.45) is 23.2 Å². The van der Waals surface area contributed by atoms with Gasteiger partial charge < -0.3 is 0 Å². The summed E-state index contributed by atoms with van der Waals surface area (Å²) >= 11 is 1.57. The molecule has 4 saturated carbocycles. The van der Waals surface area contributed by atoms with Crippen LogP contribution in [-0.4, -0.2) is 22.0 Å². The third kappa shape index (κ3) is 2.93. The van der Waals surface area contributed by atoms with Crippen molar-refractivity contribution in [1.29, 1.82) is 0 Å². The summed E-state index contributed by atoms with van der Waals surface area (Å²) in [7, 11) is 0. The number of rotatable bonds is 3. The fraction of sp³-hybridized carbons (Fsp3) is 0.944. The van der Waals surface area contributed by atoms with E-state index >= 15 is 0 Å². The molecule has 1 atom stereocenters. The van der Waals surface area contributed by atoms with Crippen molar-refractivity contribution >= 4 is 17.1 Å². The highest BCUT2D eigenvalue weighted by Gasteiger charge is 2.51. The van der Waals surface area contributed by atoms with E-state index in [1.807, 2.05) is 0 Å². The fourth-order valence-electron chi connectivity index (χ4n) is 6.18. The Kier molecular flexibility index (Phi) is 3.86. The van der Waals surface area contributed by atoms with Crippen LogP contribution in [0.5, 0.6) is 0 Å². The third-order valence-corrected chi connectivity index (χ3v) is 7.77.